The van der Waals surface area contributed by atoms with Gasteiger partial charge in [-0.25, -0.2) is 12.1 Å². The topological polar surface area (TPSA) is 26.3 Å². The average Bonchev–Trinajstić information content (AvgIpc) is 2.92. The Kier molecular flexibility index (Phi) is 9.12. The molecule has 0 amide bonds. The predicted octanol–water partition coefficient (Wildman–Crippen LogP) is 3.51. The van der Waals surface area contributed by atoms with E-state index in [9.17, 15) is 4.79 Å². The number of esters is 1. The molecule has 0 unspecified atom stereocenters. The van der Waals surface area contributed by atoms with Crippen molar-refractivity contribution in [3.63, 3.8) is 0 Å². The Morgan fingerprint density at radius 1 is 1.24 bits per heavy atom. The summed E-state index contributed by atoms with van der Waals surface area (Å²) < 4.78 is 4.96. The number of ether oxygens (including phenoxy) is 1. The minimum Gasteiger partial charge on any atom is -0.503 e. The predicted molar refractivity (Wildman–Crippen MR) is 64.6 cm³/mol. The summed E-state index contributed by atoms with van der Waals surface area (Å²) in [4.78, 5) is 10.9. The third-order valence-corrected chi connectivity index (χ3v) is 1.87. The van der Waals surface area contributed by atoms with E-state index in [2.05, 4.69) is 0 Å². The van der Waals surface area contributed by atoms with Crippen LogP contribution in [0.3, 0.4) is 0 Å². The van der Waals surface area contributed by atoms with Crippen molar-refractivity contribution in [1.82, 2.24) is 0 Å². The maximum atomic E-state index is 10.9. The van der Waals surface area contributed by atoms with Gasteiger partial charge in [-0.05, 0) is 12.2 Å². The van der Waals surface area contributed by atoms with Gasteiger partial charge in [0.1, 0.15) is 0 Å². The summed E-state index contributed by atoms with van der Waals surface area (Å²) in [7, 11) is 0. The smallest absolute Gasteiger partial charge is 0.503 e. The second kappa shape index (κ2) is 9.88. The van der Waals surface area contributed by atoms with Crippen LogP contribution in [0, 0.1) is 0 Å². The molecule has 2 aromatic carbocycles. The van der Waals surface area contributed by atoms with E-state index in [4.69, 9.17) is 4.74 Å². The van der Waals surface area contributed by atoms with E-state index < -0.39 is 0 Å². The summed E-state index contributed by atoms with van der Waals surface area (Å²) >= 11 is 0. The molecular formula is C14H16FeO2. The molecule has 92 valence electrons. The largest absolute Gasteiger partial charge is 2.00 e. The number of hydrogen-bond donors (Lipinski definition) is 0. The molecule has 2 aromatic rings. The van der Waals surface area contributed by atoms with E-state index in [0.717, 1.165) is 6.42 Å². The summed E-state index contributed by atoms with van der Waals surface area (Å²) in [5.74, 6) is 0.488. The van der Waals surface area contributed by atoms with Crippen molar-refractivity contribution < 1.29 is 26.6 Å². The third-order valence-electron chi connectivity index (χ3n) is 1.87. The van der Waals surface area contributed by atoms with E-state index in [1.165, 1.54) is 0 Å². The Balaban J connectivity index is 0.000000360. The van der Waals surface area contributed by atoms with Gasteiger partial charge in [-0.3, -0.25) is 4.79 Å². The minimum absolute atomic E-state index is 0. The maximum Gasteiger partial charge on any atom is 2.00 e. The van der Waals surface area contributed by atoms with Crippen LogP contribution < -0.4 is 4.74 Å². The van der Waals surface area contributed by atoms with Gasteiger partial charge in [0.05, 0.1) is 0 Å². The van der Waals surface area contributed by atoms with Crippen molar-refractivity contribution in [1.29, 1.82) is 0 Å². The average molecular weight is 272 g/mol. The SMILES string of the molecule is CCCC(=O)Oc1cc[cH-]c1.[Fe+2].c1cc[cH-]c1. The molecule has 0 bridgehead atoms. The van der Waals surface area contributed by atoms with Gasteiger partial charge < -0.3 is 4.74 Å². The summed E-state index contributed by atoms with van der Waals surface area (Å²) in [5.41, 5.74) is 0. The first-order valence-electron chi connectivity index (χ1n) is 5.42. The Labute approximate surface area is 113 Å². The summed E-state index contributed by atoms with van der Waals surface area (Å²) in [6.45, 7) is 1.95. The summed E-state index contributed by atoms with van der Waals surface area (Å²) in [5, 5.41) is 0. The molecule has 0 aliphatic rings. The van der Waals surface area contributed by atoms with Gasteiger partial charge in [0.25, 0.3) is 5.97 Å². The normalized spacial score (nSPS) is 8.53. The standard InChI is InChI=1S/C9H11O2.C5H5.Fe/c1-2-5-9(10)11-8-6-3-4-7-8;1-2-4-5-3-1;/h3-4,6-7H,2,5H2,1H3;1-5H;/q2*-1;+2. The quantitative estimate of drug-likeness (QED) is 0.485. The van der Waals surface area contributed by atoms with Crippen molar-refractivity contribution >= 4 is 5.97 Å². The Morgan fingerprint density at radius 3 is 2.35 bits per heavy atom. The van der Waals surface area contributed by atoms with Crippen LogP contribution in [0.25, 0.3) is 0 Å². The van der Waals surface area contributed by atoms with Gasteiger partial charge in [0.15, 0.2) is 0 Å². The first kappa shape index (κ1) is 15.7. The zero-order chi connectivity index (χ0) is 11.6. The van der Waals surface area contributed by atoms with E-state index in [1.54, 1.807) is 12.1 Å². The minimum atomic E-state index is -0.154. The van der Waals surface area contributed by atoms with Crippen LogP contribution in [-0.2, 0) is 21.9 Å². The molecule has 0 heterocycles. The van der Waals surface area contributed by atoms with E-state index in [0.29, 0.717) is 12.2 Å². The van der Waals surface area contributed by atoms with E-state index in [-0.39, 0.29) is 23.0 Å². The molecule has 0 saturated carbocycles. The second-order valence-electron chi connectivity index (χ2n) is 3.31. The Hall–Kier alpha value is -1.31. The van der Waals surface area contributed by atoms with Crippen LogP contribution in [0.4, 0.5) is 0 Å². The molecule has 0 fully saturated rings. The third kappa shape index (κ3) is 7.56. The first-order chi connectivity index (χ1) is 7.83. The Bertz CT molecular complexity index is 346. The fraction of sp³-hybridized carbons (Fsp3) is 0.214. The molecule has 0 aliphatic carbocycles. The van der Waals surface area contributed by atoms with E-state index in [1.807, 2.05) is 49.4 Å². The van der Waals surface area contributed by atoms with Crippen LogP contribution in [0.5, 0.6) is 5.75 Å². The molecular weight excluding hydrogens is 256 g/mol. The van der Waals surface area contributed by atoms with Gasteiger partial charge >= 0.3 is 17.1 Å². The van der Waals surface area contributed by atoms with Crippen LogP contribution in [0.2, 0.25) is 0 Å². The first-order valence-corrected chi connectivity index (χ1v) is 5.42. The van der Waals surface area contributed by atoms with Gasteiger partial charge in [-0.1, -0.05) is 6.92 Å². The van der Waals surface area contributed by atoms with Crippen molar-refractivity contribution in [3.8, 4) is 5.75 Å². The van der Waals surface area contributed by atoms with Gasteiger partial charge in [-0.15, -0.1) is 6.07 Å². The van der Waals surface area contributed by atoms with Crippen LogP contribution >= 0.6 is 0 Å². The summed E-state index contributed by atoms with van der Waals surface area (Å²) in [6.07, 6.45) is 1.32. The molecule has 0 saturated heterocycles. The fourth-order valence-corrected chi connectivity index (χ4v) is 1.13. The Morgan fingerprint density at radius 2 is 1.94 bits per heavy atom. The van der Waals surface area contributed by atoms with Crippen LogP contribution in [-0.4, -0.2) is 5.97 Å². The number of carbonyl (C=O) groups excluding carboxylic acids is 1. The monoisotopic (exact) mass is 272 g/mol. The van der Waals surface area contributed by atoms with Crippen LogP contribution in [0.1, 0.15) is 19.8 Å². The van der Waals surface area contributed by atoms with Crippen LogP contribution in [0.15, 0.2) is 54.6 Å². The van der Waals surface area contributed by atoms with Crippen molar-refractivity contribution in [2.45, 2.75) is 19.8 Å². The zero-order valence-corrected chi connectivity index (χ0v) is 10.9. The van der Waals surface area contributed by atoms with Crippen molar-refractivity contribution in [2.24, 2.45) is 0 Å². The second-order valence-corrected chi connectivity index (χ2v) is 3.31. The molecule has 0 atom stereocenters. The zero-order valence-electron chi connectivity index (χ0n) is 9.78. The molecule has 0 radical (unpaired) electrons. The van der Waals surface area contributed by atoms with E-state index >= 15 is 0 Å². The summed E-state index contributed by atoms with van der Waals surface area (Å²) in [6, 6.07) is 17.2. The van der Waals surface area contributed by atoms with Crippen molar-refractivity contribution in [3.05, 3.63) is 54.6 Å². The van der Waals surface area contributed by atoms with Crippen molar-refractivity contribution in [2.75, 3.05) is 0 Å². The molecule has 0 aliphatic heterocycles. The number of hydrogen-bond acceptors (Lipinski definition) is 2. The number of rotatable bonds is 3. The molecule has 0 spiro atoms. The molecule has 2 nitrogen and oxygen atoms in total. The molecule has 0 aromatic heterocycles. The molecule has 0 N–H and O–H groups in total. The number of carbonyl (C=O) groups is 1. The molecule has 3 heteroatoms. The maximum absolute atomic E-state index is 10.9. The fourth-order valence-electron chi connectivity index (χ4n) is 1.13. The van der Waals surface area contributed by atoms with Gasteiger partial charge in [-0.2, -0.15) is 36.4 Å². The van der Waals surface area contributed by atoms with Gasteiger partial charge in [0, 0.05) is 6.42 Å². The van der Waals surface area contributed by atoms with Gasteiger partial charge in [0.2, 0.25) is 0 Å². The molecule has 17 heavy (non-hydrogen) atoms. The molecule has 2 rings (SSSR count).